The average molecular weight is 448 g/mol. The van der Waals surface area contributed by atoms with Crippen molar-refractivity contribution in [1.82, 2.24) is 0 Å². The summed E-state index contributed by atoms with van der Waals surface area (Å²) >= 11 is 0. The molecule has 0 unspecified atom stereocenters. The molecule has 1 heterocycles. The number of rotatable bonds is 5. The summed E-state index contributed by atoms with van der Waals surface area (Å²) in [5.41, 5.74) is 5.78. The van der Waals surface area contributed by atoms with E-state index < -0.39 is 0 Å². The quantitative estimate of drug-likeness (QED) is 0.677. The summed E-state index contributed by atoms with van der Waals surface area (Å²) in [6.45, 7) is 5.63. The van der Waals surface area contributed by atoms with E-state index >= 15 is 0 Å². The van der Waals surface area contributed by atoms with Gasteiger partial charge in [-0.05, 0) is 78.7 Å². The molecule has 0 radical (unpaired) electrons. The minimum absolute atomic E-state index is 0.162. The second-order valence-electron chi connectivity index (χ2n) is 10.9. The van der Waals surface area contributed by atoms with Crippen LogP contribution in [0.25, 0.3) is 0 Å². The summed E-state index contributed by atoms with van der Waals surface area (Å²) in [6, 6.07) is 17.7. The largest absolute Gasteiger partial charge is 0.395 e. The second kappa shape index (κ2) is 8.41. The Morgan fingerprint density at radius 2 is 1.82 bits per heavy atom. The highest BCUT2D eigenvalue weighted by atomic mass is 16.7. The van der Waals surface area contributed by atoms with Crippen LogP contribution in [0, 0.1) is 17.3 Å². The first-order chi connectivity index (χ1) is 16.1. The van der Waals surface area contributed by atoms with Crippen molar-refractivity contribution >= 4 is 5.69 Å². The van der Waals surface area contributed by atoms with Gasteiger partial charge in [0.25, 0.3) is 0 Å². The summed E-state index contributed by atoms with van der Waals surface area (Å²) in [5, 5.41) is 9.71. The summed E-state index contributed by atoms with van der Waals surface area (Å²) in [4.78, 5) is 2.31. The molecule has 4 aliphatic rings. The maximum absolute atomic E-state index is 9.71. The van der Waals surface area contributed by atoms with Crippen molar-refractivity contribution in [2.75, 3.05) is 31.3 Å². The SMILES string of the molecule is C[C@]12CC[C@@H]3c4ccc(N(CCO)Cc5ccccc5)cc4CC[C@H]3[C@@H]1CCC21OCCO1. The fourth-order valence-electron chi connectivity index (χ4n) is 7.87. The van der Waals surface area contributed by atoms with Crippen LogP contribution in [-0.4, -0.2) is 37.3 Å². The zero-order chi connectivity index (χ0) is 22.5. The molecule has 3 fully saturated rings. The lowest BCUT2D eigenvalue weighted by Gasteiger charge is -2.52. The normalized spacial score (nSPS) is 31.8. The third kappa shape index (κ3) is 3.45. The van der Waals surface area contributed by atoms with Crippen molar-refractivity contribution in [3.8, 4) is 0 Å². The Kier molecular flexibility index (Phi) is 5.51. The molecule has 4 heteroatoms. The number of hydrogen-bond acceptors (Lipinski definition) is 4. The Morgan fingerprint density at radius 1 is 1.00 bits per heavy atom. The minimum Gasteiger partial charge on any atom is -0.395 e. The van der Waals surface area contributed by atoms with E-state index in [2.05, 4.69) is 60.4 Å². The Bertz CT molecular complexity index is 986. The van der Waals surface area contributed by atoms with E-state index in [0.29, 0.717) is 18.4 Å². The van der Waals surface area contributed by atoms with Gasteiger partial charge in [-0.2, -0.15) is 0 Å². The van der Waals surface area contributed by atoms with Crippen LogP contribution < -0.4 is 4.90 Å². The molecule has 1 N–H and O–H groups in total. The van der Waals surface area contributed by atoms with Crippen LogP contribution in [0.2, 0.25) is 0 Å². The highest BCUT2D eigenvalue weighted by Crippen LogP contribution is 2.66. The topological polar surface area (TPSA) is 41.9 Å². The van der Waals surface area contributed by atoms with E-state index in [-0.39, 0.29) is 17.8 Å². The number of hydrogen-bond donors (Lipinski definition) is 1. The van der Waals surface area contributed by atoms with Gasteiger partial charge < -0.3 is 19.5 Å². The predicted molar refractivity (Wildman–Crippen MR) is 130 cm³/mol. The lowest BCUT2D eigenvalue weighted by atomic mass is 9.55. The first-order valence-electron chi connectivity index (χ1n) is 12.9. The Morgan fingerprint density at radius 3 is 2.61 bits per heavy atom. The van der Waals surface area contributed by atoms with Crippen molar-refractivity contribution in [2.24, 2.45) is 17.3 Å². The molecule has 176 valence electrons. The van der Waals surface area contributed by atoms with Crippen LogP contribution in [0.3, 0.4) is 0 Å². The summed E-state index contributed by atoms with van der Waals surface area (Å²) in [5.74, 6) is 1.80. The van der Waals surface area contributed by atoms with Crippen LogP contribution in [0.5, 0.6) is 0 Å². The van der Waals surface area contributed by atoms with E-state index in [0.717, 1.165) is 38.5 Å². The molecule has 3 aliphatic carbocycles. The maximum atomic E-state index is 9.71. The van der Waals surface area contributed by atoms with E-state index in [1.54, 1.807) is 5.56 Å². The van der Waals surface area contributed by atoms with Gasteiger partial charge in [0.1, 0.15) is 0 Å². The van der Waals surface area contributed by atoms with E-state index in [4.69, 9.17) is 9.47 Å². The smallest absolute Gasteiger partial charge is 0.174 e. The molecule has 1 spiro atoms. The van der Waals surface area contributed by atoms with Crippen molar-refractivity contribution in [1.29, 1.82) is 0 Å². The third-order valence-electron chi connectivity index (χ3n) is 9.46. The molecule has 1 aliphatic heterocycles. The number of benzene rings is 2. The Balaban J connectivity index is 1.25. The van der Waals surface area contributed by atoms with E-state index in [1.165, 1.54) is 42.5 Å². The van der Waals surface area contributed by atoms with Crippen molar-refractivity contribution in [3.05, 3.63) is 65.2 Å². The number of fused-ring (bicyclic) bond motifs is 6. The monoisotopic (exact) mass is 447 g/mol. The highest BCUT2D eigenvalue weighted by molar-refractivity contribution is 5.53. The van der Waals surface area contributed by atoms with Crippen molar-refractivity contribution in [3.63, 3.8) is 0 Å². The summed E-state index contributed by atoms with van der Waals surface area (Å²) in [6.07, 6.45) is 7.18. The molecular weight excluding hydrogens is 410 g/mol. The van der Waals surface area contributed by atoms with E-state index in [1.807, 2.05) is 0 Å². The molecule has 2 saturated carbocycles. The maximum Gasteiger partial charge on any atom is 0.174 e. The molecule has 1 saturated heterocycles. The van der Waals surface area contributed by atoms with Gasteiger partial charge in [0.15, 0.2) is 5.79 Å². The molecule has 33 heavy (non-hydrogen) atoms. The molecule has 2 aromatic rings. The first kappa shape index (κ1) is 21.6. The zero-order valence-electron chi connectivity index (χ0n) is 19.8. The van der Waals surface area contributed by atoms with Gasteiger partial charge in [-0.1, -0.05) is 43.3 Å². The van der Waals surface area contributed by atoms with Gasteiger partial charge >= 0.3 is 0 Å². The number of ether oxygens (including phenoxy) is 2. The van der Waals surface area contributed by atoms with Gasteiger partial charge in [0, 0.05) is 30.6 Å². The molecule has 0 amide bonds. The standard InChI is InChI=1S/C29H37NO3/c1-28-13-11-25-24-10-8-23(30(15-16-31)20-21-5-3-2-4-6-21)19-22(24)7-9-26(25)27(28)12-14-29(28)32-17-18-33-29/h2-6,8,10,19,25-27,31H,7,9,11-18,20H2,1H3/t25-,26-,27+,28+/m1/s1. The van der Waals surface area contributed by atoms with Crippen molar-refractivity contribution in [2.45, 2.75) is 63.7 Å². The Labute approximate surface area is 197 Å². The van der Waals surface area contributed by atoms with Crippen LogP contribution >= 0.6 is 0 Å². The van der Waals surface area contributed by atoms with Gasteiger partial charge in [-0.25, -0.2) is 0 Å². The predicted octanol–water partition coefficient (Wildman–Crippen LogP) is 5.28. The fraction of sp³-hybridized carbons (Fsp3) is 0.586. The molecule has 0 aromatic heterocycles. The number of aryl methyl sites for hydroxylation is 1. The summed E-state index contributed by atoms with van der Waals surface area (Å²) < 4.78 is 12.6. The van der Waals surface area contributed by atoms with Gasteiger partial charge in [0.05, 0.1) is 19.8 Å². The molecular formula is C29H37NO3. The minimum atomic E-state index is -0.311. The van der Waals surface area contributed by atoms with Gasteiger partial charge in [0.2, 0.25) is 0 Å². The lowest BCUT2D eigenvalue weighted by molar-refractivity contribution is -0.237. The third-order valence-corrected chi connectivity index (χ3v) is 9.46. The lowest BCUT2D eigenvalue weighted by Crippen LogP contribution is -2.51. The van der Waals surface area contributed by atoms with E-state index in [9.17, 15) is 5.11 Å². The van der Waals surface area contributed by atoms with Crippen LogP contribution in [0.1, 0.15) is 61.6 Å². The molecule has 4 nitrogen and oxygen atoms in total. The van der Waals surface area contributed by atoms with Gasteiger partial charge in [-0.15, -0.1) is 0 Å². The first-order valence-corrected chi connectivity index (χ1v) is 12.9. The number of nitrogens with zero attached hydrogens (tertiary/aromatic N) is 1. The number of aliphatic hydroxyl groups excluding tert-OH is 1. The second-order valence-corrected chi connectivity index (χ2v) is 10.9. The number of aliphatic hydroxyl groups is 1. The summed E-state index contributed by atoms with van der Waals surface area (Å²) in [7, 11) is 0. The van der Waals surface area contributed by atoms with Crippen LogP contribution in [0.4, 0.5) is 5.69 Å². The van der Waals surface area contributed by atoms with Crippen LogP contribution in [-0.2, 0) is 22.4 Å². The zero-order valence-corrected chi connectivity index (χ0v) is 19.8. The number of anilines is 1. The average Bonchev–Trinajstić information content (AvgIpc) is 3.44. The molecule has 2 aromatic carbocycles. The van der Waals surface area contributed by atoms with Crippen LogP contribution in [0.15, 0.2) is 48.5 Å². The van der Waals surface area contributed by atoms with Crippen molar-refractivity contribution < 1.29 is 14.6 Å². The fourth-order valence-corrected chi connectivity index (χ4v) is 7.87. The molecule has 0 bridgehead atoms. The molecule has 4 atom stereocenters. The van der Waals surface area contributed by atoms with Gasteiger partial charge in [-0.3, -0.25) is 0 Å². The Hall–Kier alpha value is -1.88. The highest BCUT2D eigenvalue weighted by Gasteiger charge is 2.64. The molecule has 6 rings (SSSR count).